The second-order valence-electron chi connectivity index (χ2n) is 24.8. The Hall–Kier alpha value is -6.69. The summed E-state index contributed by atoms with van der Waals surface area (Å²) in [5, 5.41) is 10.1. The minimum Gasteiger partial charge on any atom is -0.465 e. The SMILES string of the molecule is CCCOC(=O)[C@H](C)NP(=O)(N[C@@H](C)C(=O)OCCC)C(F)c1ccc2sc(C(=O)N[C@H](C(=O)N3CC[C@@H](CC4CCN(Cc5ccc6c(c5)n(C)c(=O)n6C5CCC(=O)NC5=O)CC4)[C@H]3C(=O)N3CCO[C@H](c4ccccc4)C3)C(C)(C)C)cc2c1F. The Morgan fingerprint density at radius 3 is 2.16 bits per heavy atom. The van der Waals surface area contributed by atoms with Crippen molar-refractivity contribution in [3.8, 4) is 0 Å². The third kappa shape index (κ3) is 14.5. The van der Waals surface area contributed by atoms with Crippen molar-refractivity contribution in [2.75, 3.05) is 52.5 Å². The fourth-order valence-corrected chi connectivity index (χ4v) is 15.8. The van der Waals surface area contributed by atoms with Crippen LogP contribution in [0.1, 0.15) is 144 Å². The molecule has 476 valence electrons. The predicted octanol–water partition coefficient (Wildman–Crippen LogP) is 7.96. The van der Waals surface area contributed by atoms with E-state index >= 15 is 18.4 Å². The number of nitrogens with one attached hydrogen (secondary N) is 4. The summed E-state index contributed by atoms with van der Waals surface area (Å²) in [6.45, 7) is 15.0. The van der Waals surface area contributed by atoms with Crippen molar-refractivity contribution in [3.63, 3.8) is 0 Å². The lowest BCUT2D eigenvalue weighted by Crippen LogP contribution is -2.59. The predicted molar refractivity (Wildman–Crippen MR) is 328 cm³/mol. The van der Waals surface area contributed by atoms with Crippen LogP contribution in [-0.4, -0.2) is 142 Å². The molecule has 4 aliphatic rings. The molecule has 88 heavy (non-hydrogen) atoms. The molecule has 9 rings (SSSR count). The van der Waals surface area contributed by atoms with E-state index in [1.807, 2.05) is 69.3 Å². The van der Waals surface area contributed by atoms with E-state index in [9.17, 15) is 33.3 Å². The minimum absolute atomic E-state index is 0.00361. The Morgan fingerprint density at radius 1 is 0.852 bits per heavy atom. The average Bonchev–Trinajstić information content (AvgIpc) is 2.14. The highest BCUT2D eigenvalue weighted by atomic mass is 32.1. The van der Waals surface area contributed by atoms with Crippen molar-refractivity contribution >= 4 is 81.4 Å². The zero-order valence-corrected chi connectivity index (χ0v) is 53.0. The third-order valence-corrected chi connectivity index (χ3v) is 20.8. The van der Waals surface area contributed by atoms with Gasteiger partial charge in [0, 0.05) is 48.8 Å². The lowest BCUT2D eigenvalue weighted by atomic mass is 9.82. The second-order valence-corrected chi connectivity index (χ2v) is 28.2. The summed E-state index contributed by atoms with van der Waals surface area (Å²) in [5.41, 5.74) is 1.33. The molecule has 3 aromatic carbocycles. The summed E-state index contributed by atoms with van der Waals surface area (Å²) in [7, 11) is -3.08. The van der Waals surface area contributed by atoms with Gasteiger partial charge in [-0.25, -0.2) is 23.7 Å². The number of thiophene rings is 1. The number of rotatable bonds is 22. The molecule has 4 aliphatic heterocycles. The Bertz CT molecular complexity index is 3500. The Balaban J connectivity index is 0.920. The number of aryl methyl sites for hydroxylation is 1. The number of amides is 5. The molecule has 8 atom stereocenters. The number of ether oxygens (including phenoxy) is 3. The molecule has 5 amide bonds. The Labute approximate surface area is 515 Å². The van der Waals surface area contributed by atoms with Gasteiger partial charge in [0.15, 0.2) is 0 Å². The van der Waals surface area contributed by atoms with Gasteiger partial charge in [-0.1, -0.05) is 77.1 Å². The number of imidazole rings is 1. The van der Waals surface area contributed by atoms with E-state index in [0.717, 1.165) is 54.5 Å². The molecule has 0 saturated carbocycles. The van der Waals surface area contributed by atoms with E-state index in [2.05, 4.69) is 25.7 Å². The number of imide groups is 1. The quantitative estimate of drug-likeness (QED) is 0.0292. The van der Waals surface area contributed by atoms with Crippen LogP contribution in [-0.2, 0) is 61.1 Å². The minimum atomic E-state index is -4.76. The summed E-state index contributed by atoms with van der Waals surface area (Å²) in [5.74, 6) is -7.64. The maximum absolute atomic E-state index is 17.0. The van der Waals surface area contributed by atoms with Gasteiger partial charge >= 0.3 is 17.6 Å². The van der Waals surface area contributed by atoms with Crippen LogP contribution in [0.5, 0.6) is 0 Å². The number of nitrogens with zero attached hydrogens (tertiary/aromatic N) is 5. The Kier molecular flexibility index (Phi) is 20.9. The van der Waals surface area contributed by atoms with E-state index in [-0.39, 0.29) is 89.6 Å². The van der Waals surface area contributed by atoms with E-state index in [4.69, 9.17) is 14.2 Å². The maximum Gasteiger partial charge on any atom is 0.329 e. The number of morpholine rings is 1. The van der Waals surface area contributed by atoms with Gasteiger partial charge in [-0.05, 0) is 125 Å². The highest BCUT2D eigenvalue weighted by molar-refractivity contribution is 7.60. The fourth-order valence-electron chi connectivity index (χ4n) is 12.5. The molecule has 0 spiro atoms. The highest BCUT2D eigenvalue weighted by Crippen LogP contribution is 2.55. The first-order chi connectivity index (χ1) is 41.9. The zero-order chi connectivity index (χ0) is 63.4. The van der Waals surface area contributed by atoms with Crippen molar-refractivity contribution in [1.82, 2.24) is 44.6 Å². The van der Waals surface area contributed by atoms with Gasteiger partial charge < -0.3 is 29.3 Å². The zero-order valence-electron chi connectivity index (χ0n) is 51.3. The normalized spacial score (nSPS) is 21.2. The van der Waals surface area contributed by atoms with Gasteiger partial charge in [0.2, 0.25) is 29.5 Å². The van der Waals surface area contributed by atoms with Crippen LogP contribution in [0.25, 0.3) is 21.1 Å². The van der Waals surface area contributed by atoms with Crippen molar-refractivity contribution in [2.24, 2.45) is 24.3 Å². The number of hydrogen-bond donors (Lipinski definition) is 4. The molecule has 0 radical (unpaired) electrons. The van der Waals surface area contributed by atoms with E-state index in [1.165, 1.54) is 35.1 Å². The number of alkyl halides is 1. The number of hydrogen-bond acceptors (Lipinski definition) is 14. The summed E-state index contributed by atoms with van der Waals surface area (Å²) < 4.78 is 68.3. The maximum atomic E-state index is 17.0. The van der Waals surface area contributed by atoms with Crippen molar-refractivity contribution in [1.29, 1.82) is 0 Å². The molecule has 2 unspecified atom stereocenters. The van der Waals surface area contributed by atoms with E-state index < -0.39 is 90.0 Å². The van der Waals surface area contributed by atoms with E-state index in [1.54, 1.807) is 30.7 Å². The number of carbonyl (C=O) groups is 7. The number of piperidine rings is 2. The summed E-state index contributed by atoms with van der Waals surface area (Å²) in [6, 6.07) is 13.7. The molecule has 21 nitrogen and oxygen atoms in total. The first kappa shape index (κ1) is 65.7. The number of fused-ring (bicyclic) bond motifs is 2. The molecule has 0 bridgehead atoms. The molecule has 4 N–H and O–H groups in total. The van der Waals surface area contributed by atoms with Crippen molar-refractivity contribution in [2.45, 2.75) is 149 Å². The van der Waals surface area contributed by atoms with Gasteiger partial charge in [-0.2, -0.15) is 0 Å². The van der Waals surface area contributed by atoms with Gasteiger partial charge in [-0.15, -0.1) is 11.3 Å². The van der Waals surface area contributed by atoms with Crippen LogP contribution in [0.3, 0.4) is 0 Å². The molecule has 0 aliphatic carbocycles. The summed E-state index contributed by atoms with van der Waals surface area (Å²) in [4.78, 5) is 115. The Morgan fingerprint density at radius 2 is 1.52 bits per heavy atom. The third-order valence-electron chi connectivity index (χ3n) is 17.3. The van der Waals surface area contributed by atoms with Crippen molar-refractivity contribution in [3.05, 3.63) is 105 Å². The van der Waals surface area contributed by atoms with Crippen LogP contribution in [0.2, 0.25) is 0 Å². The van der Waals surface area contributed by atoms with Crippen LogP contribution in [0.15, 0.2) is 71.5 Å². The molecule has 4 saturated heterocycles. The molecule has 5 aromatic rings. The standard InChI is InChI=1S/C63H82F2N9O12PS/c1-9-29-85-60(80)37(3)68-87(83,69-38(4)61(81)86-30-10-2)55(65)43-17-20-49-44(52(43)64)34-50(88-49)57(77)67-54(63(5,6)7)59(79)73-27-24-42(53(73)58(78)72-28-31-84-48(36-72)41-14-12-11-13-15-41)32-39-22-25-71(26-23-39)35-40-16-18-45-47(33-40)70(8)62(82)74(45)46-19-21-51(75)66-56(46)76/h11-18,20,33-34,37-39,42,46,48,53-55H,9-10,19,21-32,35-36H2,1-8H3,(H,67,77)(H,66,75,76)(H2,68,69,83)/t37-,38-,42-,46?,48-,53-,54+,55?/m0/s1. The number of carbonyl (C=O) groups excluding carboxylic acids is 7. The molecular weight excluding hydrogens is 1180 g/mol. The number of benzene rings is 3. The first-order valence-electron chi connectivity index (χ1n) is 30.6. The molecule has 4 fully saturated rings. The van der Waals surface area contributed by atoms with E-state index in [0.29, 0.717) is 56.4 Å². The average molecular weight is 1260 g/mol. The molecule has 2 aromatic heterocycles. The topological polar surface area (TPSA) is 249 Å². The van der Waals surface area contributed by atoms with Crippen LogP contribution < -0.4 is 26.5 Å². The number of esters is 2. The molecule has 25 heteroatoms. The first-order valence-corrected chi connectivity index (χ1v) is 33.2. The summed E-state index contributed by atoms with van der Waals surface area (Å²) >= 11 is 0.906. The van der Waals surface area contributed by atoms with Gasteiger partial charge in [0.25, 0.3) is 13.4 Å². The van der Waals surface area contributed by atoms with Crippen LogP contribution in [0, 0.1) is 23.1 Å². The van der Waals surface area contributed by atoms with Crippen LogP contribution in [0.4, 0.5) is 8.78 Å². The monoisotopic (exact) mass is 1260 g/mol. The van der Waals surface area contributed by atoms with Crippen LogP contribution >= 0.6 is 18.8 Å². The van der Waals surface area contributed by atoms with Crippen molar-refractivity contribution < 1.29 is 61.1 Å². The van der Waals surface area contributed by atoms with Gasteiger partial charge in [0.1, 0.15) is 42.1 Å². The highest BCUT2D eigenvalue weighted by Gasteiger charge is 2.49. The fraction of sp³-hybridized carbons (Fsp3) is 0.556. The number of likely N-dealkylation sites (tertiary alicyclic amines) is 2. The summed E-state index contributed by atoms with van der Waals surface area (Å²) in [6.07, 6.45) is 3.89. The molecular formula is C63H82F2N9O12PS. The number of halogens is 2. The molecule has 6 heterocycles. The lowest BCUT2D eigenvalue weighted by Gasteiger charge is -2.40. The number of aromatic nitrogens is 2. The van der Waals surface area contributed by atoms with Gasteiger partial charge in [0.05, 0.1) is 42.3 Å². The smallest absolute Gasteiger partial charge is 0.329 e. The largest absolute Gasteiger partial charge is 0.465 e. The second kappa shape index (κ2) is 28.0. The lowest BCUT2D eigenvalue weighted by molar-refractivity contribution is -0.152. The van der Waals surface area contributed by atoms with Gasteiger partial charge in [-0.3, -0.25) is 57.5 Å².